The van der Waals surface area contributed by atoms with Crippen molar-refractivity contribution in [3.05, 3.63) is 34.2 Å². The Morgan fingerprint density at radius 3 is 2.50 bits per heavy atom. The molecule has 0 rings (SSSR count). The molecule has 0 saturated heterocycles. The largest absolute Gasteiger partial charge is 0.484 e. The second-order valence-corrected chi connectivity index (χ2v) is 2.07. The van der Waals surface area contributed by atoms with Crippen LogP contribution in [0.25, 0.3) is 0 Å². The first-order chi connectivity index (χ1) is 5.09. The molecule has 0 heterocycles. The van der Waals surface area contributed by atoms with E-state index in [9.17, 15) is 10.1 Å². The summed E-state index contributed by atoms with van der Waals surface area (Å²) in [5.74, 6) is 0. The molecule has 1 N–H and O–H groups in total. The molecule has 0 spiro atoms. The first-order valence-electron chi connectivity index (χ1n) is 3.15. The van der Waals surface area contributed by atoms with Crippen molar-refractivity contribution < 1.29 is 26.0 Å². The van der Waals surface area contributed by atoms with Gasteiger partial charge in [-0.05, 0) is 6.92 Å². The Balaban J connectivity index is 0. The zero-order valence-electron chi connectivity index (χ0n) is 7.09. The predicted octanol–water partition coefficient (Wildman–Crippen LogP) is 1.09. The van der Waals surface area contributed by atoms with E-state index in [4.69, 9.17) is 0 Å². The summed E-state index contributed by atoms with van der Waals surface area (Å²) in [6.45, 7) is 6.88. The van der Waals surface area contributed by atoms with Gasteiger partial charge in [0.25, 0.3) is 5.70 Å². The molecule has 0 radical (unpaired) electrons. The van der Waals surface area contributed by atoms with E-state index in [1.807, 2.05) is 0 Å². The van der Waals surface area contributed by atoms with Crippen LogP contribution in [-0.4, -0.2) is 11.5 Å². The van der Waals surface area contributed by atoms with Crippen LogP contribution in [0.3, 0.4) is 0 Å². The first-order valence-corrected chi connectivity index (χ1v) is 3.15. The van der Waals surface area contributed by atoms with E-state index >= 15 is 0 Å². The van der Waals surface area contributed by atoms with Gasteiger partial charge in [0.1, 0.15) is 0 Å². The van der Waals surface area contributed by atoms with E-state index in [0.717, 1.165) is 0 Å². The molecule has 0 saturated carbocycles. The Morgan fingerprint density at radius 1 is 1.67 bits per heavy atom. The van der Waals surface area contributed by atoms with Gasteiger partial charge in [0, 0.05) is 28.0 Å². The standard InChI is InChI=1S/C7H11N2O2.W/c1-4-5-8-6(2)7(3)9(10)11;/h8H,1,5H2,2-3H3;/q-1;/b7-6-;. The molecule has 12 heavy (non-hydrogen) atoms. The van der Waals surface area contributed by atoms with Crippen LogP contribution in [-0.2, 0) is 21.1 Å². The third-order valence-corrected chi connectivity index (χ3v) is 1.30. The van der Waals surface area contributed by atoms with Crippen LogP contribution < -0.4 is 5.32 Å². The Bertz CT molecular complexity index is 202. The van der Waals surface area contributed by atoms with Crippen molar-refractivity contribution in [1.29, 1.82) is 0 Å². The van der Waals surface area contributed by atoms with E-state index in [1.165, 1.54) is 6.92 Å². The van der Waals surface area contributed by atoms with E-state index < -0.39 is 4.92 Å². The molecule has 0 bridgehead atoms. The van der Waals surface area contributed by atoms with Crippen LogP contribution in [0.4, 0.5) is 0 Å². The first kappa shape index (κ1) is 13.9. The fourth-order valence-corrected chi connectivity index (χ4v) is 0.460. The van der Waals surface area contributed by atoms with Gasteiger partial charge in [0.2, 0.25) is 0 Å². The van der Waals surface area contributed by atoms with Crippen molar-refractivity contribution in [3.63, 3.8) is 0 Å². The number of nitrogens with one attached hydrogen (secondary N) is 1. The summed E-state index contributed by atoms with van der Waals surface area (Å²) in [6.07, 6.45) is 2.57. The minimum absolute atomic E-state index is 0. The molecular weight excluding hydrogens is 328 g/mol. The van der Waals surface area contributed by atoms with E-state index in [-0.39, 0.29) is 26.8 Å². The summed E-state index contributed by atoms with van der Waals surface area (Å²) in [6, 6.07) is 0. The molecule has 0 atom stereocenters. The SMILES string of the molecule is C=[C-]CN/C(C)=C(/C)[N+](=O)[O-].[W]. The number of rotatable bonds is 4. The van der Waals surface area contributed by atoms with Crippen molar-refractivity contribution >= 4 is 0 Å². The zero-order chi connectivity index (χ0) is 8.85. The third-order valence-electron chi connectivity index (χ3n) is 1.30. The molecule has 0 fully saturated rings. The fraction of sp³-hybridized carbons (Fsp3) is 0.429. The molecule has 0 aromatic carbocycles. The molecule has 0 aromatic rings. The Labute approximate surface area is 86.1 Å². The maximum Gasteiger partial charge on any atom is 0.261 e. The number of hydrogen-bond donors (Lipinski definition) is 1. The normalized spacial score (nSPS) is 10.8. The van der Waals surface area contributed by atoms with Crippen molar-refractivity contribution in [2.75, 3.05) is 6.54 Å². The summed E-state index contributed by atoms with van der Waals surface area (Å²) in [7, 11) is 0. The molecule has 4 nitrogen and oxygen atoms in total. The van der Waals surface area contributed by atoms with E-state index in [1.54, 1.807) is 6.92 Å². The summed E-state index contributed by atoms with van der Waals surface area (Å²) in [5, 5.41) is 13.0. The van der Waals surface area contributed by atoms with Gasteiger partial charge in [-0.1, -0.05) is 0 Å². The number of allylic oxidation sites excluding steroid dienone is 2. The smallest absolute Gasteiger partial charge is 0.261 e. The van der Waals surface area contributed by atoms with E-state index in [0.29, 0.717) is 12.2 Å². The van der Waals surface area contributed by atoms with E-state index in [2.05, 4.69) is 18.0 Å². The number of nitrogens with zero attached hydrogens (tertiary/aromatic N) is 1. The molecule has 0 aromatic heterocycles. The minimum Gasteiger partial charge on any atom is -0.484 e. The Kier molecular flexibility index (Phi) is 8.17. The molecule has 0 aliphatic carbocycles. The van der Waals surface area contributed by atoms with Crippen LogP contribution in [0.5, 0.6) is 0 Å². The number of nitro groups is 1. The average Bonchev–Trinajstić information content (AvgIpc) is 1.98. The molecule has 0 amide bonds. The minimum atomic E-state index is -0.425. The molecule has 0 aliphatic heterocycles. The van der Waals surface area contributed by atoms with Gasteiger partial charge in [-0.2, -0.15) is 0 Å². The van der Waals surface area contributed by atoms with Crippen LogP contribution in [0.1, 0.15) is 13.8 Å². The van der Waals surface area contributed by atoms with Crippen molar-refractivity contribution in [2.45, 2.75) is 13.8 Å². The third kappa shape index (κ3) is 5.08. The predicted molar refractivity (Wildman–Crippen MR) is 42.2 cm³/mol. The van der Waals surface area contributed by atoms with Crippen LogP contribution in [0, 0.1) is 16.2 Å². The summed E-state index contributed by atoms with van der Waals surface area (Å²) < 4.78 is 0. The van der Waals surface area contributed by atoms with Crippen molar-refractivity contribution in [2.24, 2.45) is 0 Å². The summed E-state index contributed by atoms with van der Waals surface area (Å²) in [5.41, 5.74) is 0.673. The quantitative estimate of drug-likeness (QED) is 0.474. The monoisotopic (exact) mass is 339 g/mol. The number of hydrogen-bond acceptors (Lipinski definition) is 3. The topological polar surface area (TPSA) is 55.2 Å². The van der Waals surface area contributed by atoms with Gasteiger partial charge in [0.05, 0.1) is 10.6 Å². The van der Waals surface area contributed by atoms with Crippen molar-refractivity contribution in [1.82, 2.24) is 5.32 Å². The van der Waals surface area contributed by atoms with Gasteiger partial charge >= 0.3 is 0 Å². The molecule has 68 valence electrons. The van der Waals surface area contributed by atoms with Gasteiger partial charge < -0.3 is 11.4 Å². The average molecular weight is 339 g/mol. The second kappa shape index (κ2) is 7.04. The van der Waals surface area contributed by atoms with Gasteiger partial charge in [-0.25, -0.2) is 0 Å². The van der Waals surface area contributed by atoms with Crippen LogP contribution in [0.2, 0.25) is 0 Å². The van der Waals surface area contributed by atoms with Gasteiger partial charge in [-0.15, -0.1) is 6.54 Å². The maximum absolute atomic E-state index is 10.2. The summed E-state index contributed by atoms with van der Waals surface area (Å²) >= 11 is 0. The fourth-order valence-electron chi connectivity index (χ4n) is 0.460. The summed E-state index contributed by atoms with van der Waals surface area (Å²) in [4.78, 5) is 9.75. The van der Waals surface area contributed by atoms with Crippen LogP contribution >= 0.6 is 0 Å². The molecule has 0 aliphatic rings. The van der Waals surface area contributed by atoms with Crippen LogP contribution in [0.15, 0.2) is 18.0 Å². The van der Waals surface area contributed by atoms with Gasteiger partial charge in [-0.3, -0.25) is 16.7 Å². The Hall–Kier alpha value is -0.632. The molecule has 0 unspecified atom stereocenters. The van der Waals surface area contributed by atoms with Crippen molar-refractivity contribution in [3.8, 4) is 0 Å². The van der Waals surface area contributed by atoms with Gasteiger partial charge in [0.15, 0.2) is 0 Å². The maximum atomic E-state index is 10.2. The second-order valence-electron chi connectivity index (χ2n) is 2.07. The molecule has 5 heteroatoms. The molecular formula is C7H11N2O2W-. The Morgan fingerprint density at radius 2 is 2.17 bits per heavy atom. The zero-order valence-corrected chi connectivity index (χ0v) is 10.0.